The molecule has 1 aliphatic heterocycles. The maximum Gasteiger partial charge on any atom is 0.187 e. The molecule has 1 fully saturated rings. The van der Waals surface area contributed by atoms with Gasteiger partial charge in [0.15, 0.2) is 5.76 Å². The van der Waals surface area contributed by atoms with Crippen LogP contribution in [0.3, 0.4) is 0 Å². The summed E-state index contributed by atoms with van der Waals surface area (Å²) in [5, 5.41) is 17.2. The molecule has 0 amide bonds. The highest BCUT2D eigenvalue weighted by Gasteiger charge is 2.22. The summed E-state index contributed by atoms with van der Waals surface area (Å²) in [7, 11) is 0. The van der Waals surface area contributed by atoms with Crippen molar-refractivity contribution >= 4 is 0 Å². The summed E-state index contributed by atoms with van der Waals surface area (Å²) in [6, 6.07) is 16.6. The zero-order valence-corrected chi connectivity index (χ0v) is 19.9. The standard InChI is InChI=1S/C27H26N6O2/c1-17-26(32-23(13-30-17)20-8-9-29-25(10-20)27(2,3)16-28)24-11-22(33-35-24)19-6-4-18(5-7-19)12-31-21-14-34-15-21/h4-11,13,21,31H,12,14-15H2,1-3H3. The van der Waals surface area contributed by atoms with Crippen LogP contribution in [0, 0.1) is 18.3 Å². The smallest absolute Gasteiger partial charge is 0.187 e. The fraction of sp³-hybridized carbons (Fsp3) is 0.296. The molecule has 1 aliphatic rings. The van der Waals surface area contributed by atoms with E-state index in [1.54, 1.807) is 12.4 Å². The molecule has 176 valence electrons. The number of nitriles is 1. The molecule has 3 aromatic heterocycles. The molecule has 35 heavy (non-hydrogen) atoms. The quantitative estimate of drug-likeness (QED) is 0.425. The molecule has 0 unspecified atom stereocenters. The molecule has 4 aromatic rings. The molecule has 8 heteroatoms. The van der Waals surface area contributed by atoms with Crippen LogP contribution < -0.4 is 5.32 Å². The lowest BCUT2D eigenvalue weighted by atomic mass is 9.90. The van der Waals surface area contributed by atoms with E-state index < -0.39 is 5.41 Å². The van der Waals surface area contributed by atoms with Crippen LogP contribution in [0.2, 0.25) is 0 Å². The van der Waals surface area contributed by atoms with Crippen LogP contribution >= 0.6 is 0 Å². The molecule has 0 radical (unpaired) electrons. The van der Waals surface area contributed by atoms with Gasteiger partial charge in [-0.05, 0) is 38.5 Å². The minimum atomic E-state index is -0.700. The Morgan fingerprint density at radius 1 is 1.06 bits per heavy atom. The second-order valence-electron chi connectivity index (χ2n) is 9.24. The van der Waals surface area contributed by atoms with Gasteiger partial charge in [0.05, 0.1) is 54.0 Å². The Hall–Kier alpha value is -3.93. The highest BCUT2D eigenvalue weighted by atomic mass is 16.5. The number of hydrogen-bond acceptors (Lipinski definition) is 8. The van der Waals surface area contributed by atoms with Crippen LogP contribution in [-0.4, -0.2) is 39.4 Å². The third-order valence-corrected chi connectivity index (χ3v) is 6.16. The van der Waals surface area contributed by atoms with Gasteiger partial charge in [-0.2, -0.15) is 5.26 Å². The third-order valence-electron chi connectivity index (χ3n) is 6.16. The Labute approximate surface area is 204 Å². The highest BCUT2D eigenvalue weighted by molar-refractivity contribution is 5.68. The summed E-state index contributed by atoms with van der Waals surface area (Å²) < 4.78 is 10.9. The normalized spacial score (nSPS) is 13.9. The largest absolute Gasteiger partial charge is 0.378 e. The van der Waals surface area contributed by atoms with Gasteiger partial charge >= 0.3 is 0 Å². The first-order chi connectivity index (χ1) is 16.9. The number of ether oxygens (including phenoxy) is 1. The van der Waals surface area contributed by atoms with Crippen LogP contribution in [0.5, 0.6) is 0 Å². The van der Waals surface area contributed by atoms with Gasteiger partial charge in [-0.25, -0.2) is 4.98 Å². The first-order valence-corrected chi connectivity index (χ1v) is 11.5. The van der Waals surface area contributed by atoms with Crippen molar-refractivity contribution in [2.45, 2.75) is 38.8 Å². The van der Waals surface area contributed by atoms with Crippen molar-refractivity contribution in [2.24, 2.45) is 0 Å². The fourth-order valence-electron chi connectivity index (χ4n) is 3.74. The third kappa shape index (κ3) is 4.83. The lowest BCUT2D eigenvalue weighted by molar-refractivity contribution is -0.00578. The number of hydrogen-bond donors (Lipinski definition) is 1. The van der Waals surface area contributed by atoms with Gasteiger partial charge < -0.3 is 14.6 Å². The molecular weight excluding hydrogens is 440 g/mol. The topological polar surface area (TPSA) is 110 Å². The number of nitrogens with one attached hydrogen (secondary N) is 1. The number of aryl methyl sites for hydroxylation is 1. The Balaban J connectivity index is 1.38. The maximum atomic E-state index is 9.47. The zero-order chi connectivity index (χ0) is 24.4. The molecule has 1 aromatic carbocycles. The molecule has 1 saturated heterocycles. The van der Waals surface area contributed by atoms with E-state index in [9.17, 15) is 5.26 Å². The highest BCUT2D eigenvalue weighted by Crippen LogP contribution is 2.30. The van der Waals surface area contributed by atoms with E-state index in [4.69, 9.17) is 14.2 Å². The Bertz CT molecular complexity index is 1380. The number of nitrogens with zero attached hydrogens (tertiary/aromatic N) is 5. The molecular formula is C27H26N6O2. The van der Waals surface area contributed by atoms with Crippen molar-refractivity contribution in [1.82, 2.24) is 25.4 Å². The average Bonchev–Trinajstić information content (AvgIpc) is 3.34. The summed E-state index contributed by atoms with van der Waals surface area (Å²) in [6.07, 6.45) is 3.41. The summed E-state index contributed by atoms with van der Waals surface area (Å²) >= 11 is 0. The Kier molecular flexibility index (Phi) is 6.12. The second kappa shape index (κ2) is 9.37. The van der Waals surface area contributed by atoms with Gasteiger partial charge in [0.2, 0.25) is 0 Å². The van der Waals surface area contributed by atoms with E-state index in [2.05, 4.69) is 38.6 Å². The van der Waals surface area contributed by atoms with Crippen molar-refractivity contribution in [3.63, 3.8) is 0 Å². The van der Waals surface area contributed by atoms with Gasteiger partial charge in [-0.3, -0.25) is 9.97 Å². The molecule has 0 aliphatic carbocycles. The first-order valence-electron chi connectivity index (χ1n) is 11.5. The lowest BCUT2D eigenvalue weighted by Crippen LogP contribution is -2.45. The van der Waals surface area contributed by atoms with E-state index in [0.717, 1.165) is 42.3 Å². The Morgan fingerprint density at radius 2 is 1.86 bits per heavy atom. The van der Waals surface area contributed by atoms with Crippen molar-refractivity contribution in [1.29, 1.82) is 5.26 Å². The average molecular weight is 467 g/mol. The summed E-state index contributed by atoms with van der Waals surface area (Å²) in [6.45, 7) is 7.94. The van der Waals surface area contributed by atoms with Gasteiger partial charge in [0, 0.05) is 29.9 Å². The van der Waals surface area contributed by atoms with E-state index >= 15 is 0 Å². The monoisotopic (exact) mass is 466 g/mol. The lowest BCUT2D eigenvalue weighted by Gasteiger charge is -2.27. The Morgan fingerprint density at radius 3 is 2.57 bits per heavy atom. The first kappa shape index (κ1) is 22.8. The van der Waals surface area contributed by atoms with E-state index in [1.165, 1.54) is 5.56 Å². The zero-order valence-electron chi connectivity index (χ0n) is 19.9. The molecule has 0 saturated carbocycles. The van der Waals surface area contributed by atoms with Crippen LogP contribution in [-0.2, 0) is 16.7 Å². The predicted octanol–water partition coefficient (Wildman–Crippen LogP) is 4.46. The van der Waals surface area contributed by atoms with Gasteiger partial charge in [-0.15, -0.1) is 0 Å². The minimum Gasteiger partial charge on any atom is -0.378 e. The van der Waals surface area contributed by atoms with E-state index in [0.29, 0.717) is 28.9 Å². The van der Waals surface area contributed by atoms with Crippen molar-refractivity contribution in [2.75, 3.05) is 13.2 Å². The predicted molar refractivity (Wildman–Crippen MR) is 131 cm³/mol. The molecule has 0 spiro atoms. The van der Waals surface area contributed by atoms with Crippen LogP contribution in [0.1, 0.15) is 30.8 Å². The van der Waals surface area contributed by atoms with Crippen molar-refractivity contribution in [3.8, 4) is 40.0 Å². The second-order valence-corrected chi connectivity index (χ2v) is 9.24. The summed E-state index contributed by atoms with van der Waals surface area (Å²) in [4.78, 5) is 13.7. The van der Waals surface area contributed by atoms with Crippen molar-refractivity contribution < 1.29 is 9.26 Å². The van der Waals surface area contributed by atoms with E-state index in [-0.39, 0.29) is 0 Å². The molecule has 8 nitrogen and oxygen atoms in total. The molecule has 0 bridgehead atoms. The summed E-state index contributed by atoms with van der Waals surface area (Å²) in [5.41, 5.74) is 5.77. The van der Waals surface area contributed by atoms with E-state index in [1.807, 2.05) is 51.1 Å². The SMILES string of the molecule is Cc1ncc(-c2ccnc(C(C)(C)C#N)c2)nc1-c1cc(-c2ccc(CNC3COC3)cc2)no1. The summed E-state index contributed by atoms with van der Waals surface area (Å²) in [5.74, 6) is 0.550. The fourth-order valence-corrected chi connectivity index (χ4v) is 3.74. The molecule has 4 heterocycles. The van der Waals surface area contributed by atoms with Crippen molar-refractivity contribution in [3.05, 3.63) is 71.8 Å². The van der Waals surface area contributed by atoms with Crippen LogP contribution in [0.15, 0.2) is 59.4 Å². The molecule has 1 N–H and O–H groups in total. The minimum absolute atomic E-state index is 0.449. The van der Waals surface area contributed by atoms with Crippen LogP contribution in [0.25, 0.3) is 34.0 Å². The molecule has 5 rings (SSSR count). The van der Waals surface area contributed by atoms with Gasteiger partial charge in [-0.1, -0.05) is 29.4 Å². The number of rotatable bonds is 7. The number of pyridine rings is 1. The number of benzene rings is 1. The maximum absolute atomic E-state index is 9.47. The number of aromatic nitrogens is 4. The van der Waals surface area contributed by atoms with Gasteiger partial charge in [0.25, 0.3) is 0 Å². The van der Waals surface area contributed by atoms with Crippen LogP contribution in [0.4, 0.5) is 0 Å². The molecule has 0 atom stereocenters. The van der Waals surface area contributed by atoms with Gasteiger partial charge in [0.1, 0.15) is 11.4 Å².